The van der Waals surface area contributed by atoms with Gasteiger partial charge in [-0.2, -0.15) is 0 Å². The maximum absolute atomic E-state index is 13.2. The van der Waals surface area contributed by atoms with Gasteiger partial charge in [-0.25, -0.2) is 0 Å². The van der Waals surface area contributed by atoms with Crippen LogP contribution in [0, 0.1) is 17.8 Å². The summed E-state index contributed by atoms with van der Waals surface area (Å²) in [7, 11) is 2.06. The number of para-hydroxylation sites is 1. The molecule has 0 spiro atoms. The topological polar surface area (TPSA) is 25.2 Å². The van der Waals surface area contributed by atoms with Gasteiger partial charge in [-0.1, -0.05) is 39.0 Å². The monoisotopic (exact) mass is 338 g/mol. The van der Waals surface area contributed by atoms with E-state index in [4.69, 9.17) is 0 Å². The fourth-order valence-electron chi connectivity index (χ4n) is 5.90. The number of carbonyl (C=O) groups excluding carboxylic acids is 1. The molecule has 134 valence electrons. The van der Waals surface area contributed by atoms with Crippen LogP contribution in [-0.2, 0) is 7.05 Å². The molecular weight excluding hydrogens is 308 g/mol. The van der Waals surface area contributed by atoms with Gasteiger partial charge in [-0.3, -0.25) is 9.69 Å². The van der Waals surface area contributed by atoms with E-state index in [1.807, 2.05) is 12.1 Å². The van der Waals surface area contributed by atoms with Crippen molar-refractivity contribution in [3.05, 3.63) is 35.5 Å². The van der Waals surface area contributed by atoms with Crippen molar-refractivity contribution in [1.29, 1.82) is 0 Å². The zero-order valence-electron chi connectivity index (χ0n) is 16.2. The number of hydrogen-bond acceptors (Lipinski definition) is 2. The number of aromatic nitrogens is 1. The molecule has 1 aromatic carbocycles. The fraction of sp³-hybridized carbons (Fsp3) is 0.591. The second-order valence-electron chi connectivity index (χ2n) is 9.58. The van der Waals surface area contributed by atoms with Crippen molar-refractivity contribution < 1.29 is 4.79 Å². The summed E-state index contributed by atoms with van der Waals surface area (Å²) in [6, 6.07) is 8.83. The number of benzene rings is 1. The Bertz CT molecular complexity index is 847. The Balaban J connectivity index is 1.63. The number of carbonyl (C=O) groups is 1. The maximum Gasteiger partial charge on any atom is 0.179 e. The van der Waals surface area contributed by atoms with Crippen LogP contribution in [0.3, 0.4) is 0 Å². The molecule has 1 saturated carbocycles. The predicted octanol–water partition coefficient (Wildman–Crippen LogP) is 4.57. The molecule has 2 aliphatic rings. The van der Waals surface area contributed by atoms with E-state index in [1.54, 1.807) is 0 Å². The van der Waals surface area contributed by atoms with E-state index >= 15 is 0 Å². The second-order valence-corrected chi connectivity index (χ2v) is 9.58. The Labute approximate surface area is 151 Å². The summed E-state index contributed by atoms with van der Waals surface area (Å²) in [6.07, 6.45) is 3.73. The number of aryl methyl sites for hydroxylation is 1. The van der Waals surface area contributed by atoms with Gasteiger partial charge in [-0.05, 0) is 43.1 Å². The molecule has 2 atom stereocenters. The minimum atomic E-state index is 0.281. The van der Waals surface area contributed by atoms with E-state index in [-0.39, 0.29) is 5.78 Å². The molecule has 3 nitrogen and oxygen atoms in total. The van der Waals surface area contributed by atoms with Crippen molar-refractivity contribution in [3.8, 4) is 0 Å². The third-order valence-electron chi connectivity index (χ3n) is 6.55. The molecule has 2 bridgehead atoms. The first-order valence-electron chi connectivity index (χ1n) is 9.50. The SMILES string of the molecule is Cc1c(C(=O)CN2C[C@]3(C)C[C@H]2CC(C)(C)C3)c2ccccc2n1C. The van der Waals surface area contributed by atoms with E-state index in [9.17, 15) is 4.79 Å². The van der Waals surface area contributed by atoms with E-state index in [1.165, 1.54) is 19.3 Å². The predicted molar refractivity (Wildman–Crippen MR) is 103 cm³/mol. The molecule has 1 aromatic heterocycles. The highest BCUT2D eigenvalue weighted by atomic mass is 16.1. The molecule has 2 fully saturated rings. The van der Waals surface area contributed by atoms with Crippen LogP contribution in [0.1, 0.15) is 56.1 Å². The Kier molecular flexibility index (Phi) is 3.66. The first kappa shape index (κ1) is 16.8. The lowest BCUT2D eigenvalue weighted by atomic mass is 9.65. The van der Waals surface area contributed by atoms with Gasteiger partial charge in [0.25, 0.3) is 0 Å². The molecule has 4 rings (SSSR count). The van der Waals surface area contributed by atoms with E-state index in [0.29, 0.717) is 23.4 Å². The van der Waals surface area contributed by atoms with E-state index in [0.717, 1.165) is 28.7 Å². The van der Waals surface area contributed by atoms with Crippen LogP contribution in [0.2, 0.25) is 0 Å². The van der Waals surface area contributed by atoms with Crippen molar-refractivity contribution >= 4 is 16.7 Å². The van der Waals surface area contributed by atoms with E-state index < -0.39 is 0 Å². The molecule has 1 aliphatic carbocycles. The van der Waals surface area contributed by atoms with Gasteiger partial charge in [-0.15, -0.1) is 0 Å². The minimum absolute atomic E-state index is 0.281. The first-order valence-corrected chi connectivity index (χ1v) is 9.50. The van der Waals surface area contributed by atoms with Gasteiger partial charge in [0.2, 0.25) is 0 Å². The number of likely N-dealkylation sites (tertiary alicyclic amines) is 1. The molecule has 0 unspecified atom stereocenters. The summed E-state index contributed by atoms with van der Waals surface area (Å²) >= 11 is 0. The van der Waals surface area contributed by atoms with Crippen molar-refractivity contribution in [1.82, 2.24) is 9.47 Å². The Morgan fingerprint density at radius 1 is 1.20 bits per heavy atom. The number of hydrogen-bond donors (Lipinski definition) is 0. The highest BCUT2D eigenvalue weighted by Gasteiger charge is 2.49. The van der Waals surface area contributed by atoms with Crippen LogP contribution in [0.15, 0.2) is 24.3 Å². The summed E-state index contributed by atoms with van der Waals surface area (Å²) in [4.78, 5) is 15.7. The quantitative estimate of drug-likeness (QED) is 0.766. The van der Waals surface area contributed by atoms with Crippen LogP contribution in [0.5, 0.6) is 0 Å². The van der Waals surface area contributed by atoms with Crippen LogP contribution in [-0.4, -0.2) is 34.4 Å². The summed E-state index contributed by atoms with van der Waals surface area (Å²) in [5, 5.41) is 1.10. The average Bonchev–Trinajstić information content (AvgIpc) is 2.90. The molecule has 0 N–H and O–H groups in total. The number of ketones is 1. The molecule has 3 heteroatoms. The Morgan fingerprint density at radius 3 is 2.68 bits per heavy atom. The van der Waals surface area contributed by atoms with Crippen LogP contribution >= 0.6 is 0 Å². The van der Waals surface area contributed by atoms with E-state index in [2.05, 4.69) is 56.3 Å². The van der Waals surface area contributed by atoms with Gasteiger partial charge in [0.15, 0.2) is 5.78 Å². The van der Waals surface area contributed by atoms with Crippen LogP contribution in [0.4, 0.5) is 0 Å². The molecule has 0 amide bonds. The number of fused-ring (bicyclic) bond motifs is 3. The van der Waals surface area contributed by atoms with Crippen molar-refractivity contribution in [2.75, 3.05) is 13.1 Å². The molecule has 25 heavy (non-hydrogen) atoms. The Morgan fingerprint density at radius 2 is 1.92 bits per heavy atom. The summed E-state index contributed by atoms with van der Waals surface area (Å²) in [6.45, 7) is 10.9. The third kappa shape index (κ3) is 2.73. The number of rotatable bonds is 3. The molecular formula is C22H30N2O. The van der Waals surface area contributed by atoms with Gasteiger partial charge < -0.3 is 4.57 Å². The maximum atomic E-state index is 13.2. The number of nitrogens with zero attached hydrogens (tertiary/aromatic N) is 2. The van der Waals surface area contributed by atoms with Crippen LogP contribution < -0.4 is 0 Å². The zero-order chi connectivity index (χ0) is 18.0. The lowest BCUT2D eigenvalue weighted by Gasteiger charge is -2.39. The van der Waals surface area contributed by atoms with Crippen molar-refractivity contribution in [2.45, 2.75) is 53.0 Å². The highest BCUT2D eigenvalue weighted by molar-refractivity contribution is 6.10. The normalized spacial score (nSPS) is 28.6. The molecule has 0 radical (unpaired) electrons. The minimum Gasteiger partial charge on any atom is -0.347 e. The van der Waals surface area contributed by atoms with Gasteiger partial charge >= 0.3 is 0 Å². The molecule has 1 aliphatic heterocycles. The van der Waals surface area contributed by atoms with Gasteiger partial charge in [0.1, 0.15) is 0 Å². The third-order valence-corrected chi connectivity index (χ3v) is 6.55. The second kappa shape index (κ2) is 5.44. The summed E-state index contributed by atoms with van der Waals surface area (Å²) in [5.74, 6) is 0.281. The smallest absolute Gasteiger partial charge is 0.179 e. The van der Waals surface area contributed by atoms with Crippen molar-refractivity contribution in [2.24, 2.45) is 17.9 Å². The Hall–Kier alpha value is -1.61. The molecule has 2 aromatic rings. The zero-order valence-corrected chi connectivity index (χ0v) is 16.2. The lowest BCUT2D eigenvalue weighted by molar-refractivity contribution is 0.0900. The van der Waals surface area contributed by atoms with Gasteiger partial charge in [0, 0.05) is 41.8 Å². The molecule has 1 saturated heterocycles. The standard InChI is InChI=1S/C22H30N2O/c1-15-20(17-8-6-7-9-18(17)23(15)5)19(25)12-24-14-22(4)11-16(24)10-21(2,3)13-22/h6-9,16H,10-14H2,1-5H3/t16-,22-/m1/s1. The molecule has 2 heterocycles. The fourth-order valence-corrected chi connectivity index (χ4v) is 5.90. The van der Waals surface area contributed by atoms with Gasteiger partial charge in [0.05, 0.1) is 6.54 Å². The first-order chi connectivity index (χ1) is 11.7. The summed E-state index contributed by atoms with van der Waals surface area (Å²) < 4.78 is 2.15. The lowest BCUT2D eigenvalue weighted by Crippen LogP contribution is -2.37. The van der Waals surface area contributed by atoms with Crippen LogP contribution in [0.25, 0.3) is 10.9 Å². The van der Waals surface area contributed by atoms with Crippen molar-refractivity contribution in [3.63, 3.8) is 0 Å². The average molecular weight is 338 g/mol. The number of Topliss-reactive ketones (excluding diaryl/α,β-unsaturated/α-hetero) is 1. The largest absolute Gasteiger partial charge is 0.347 e. The summed E-state index contributed by atoms with van der Waals surface area (Å²) in [5.41, 5.74) is 3.92. The highest BCUT2D eigenvalue weighted by Crippen LogP contribution is 2.52.